The average molecular weight is 499 g/mol. The second-order valence-electron chi connectivity index (χ2n) is 8.43. The maximum atomic E-state index is 12.3. The number of fused-ring (bicyclic) bond motifs is 3. The van der Waals surface area contributed by atoms with Crippen molar-refractivity contribution in [2.24, 2.45) is 0 Å². The number of halogens is 1. The number of morpholine rings is 1. The van der Waals surface area contributed by atoms with E-state index in [2.05, 4.69) is 27.7 Å². The van der Waals surface area contributed by atoms with Crippen molar-refractivity contribution in [1.29, 1.82) is 0 Å². The molecule has 2 aromatic carbocycles. The number of thioether (sulfide) groups is 1. The highest BCUT2D eigenvalue weighted by Gasteiger charge is 2.36. The number of carbonyl (C=O) groups excluding carboxylic acids is 1. The van der Waals surface area contributed by atoms with Crippen molar-refractivity contribution in [1.82, 2.24) is 9.47 Å². The van der Waals surface area contributed by atoms with Crippen molar-refractivity contribution >= 4 is 29.3 Å². The van der Waals surface area contributed by atoms with Crippen LogP contribution in [0.1, 0.15) is 35.2 Å². The zero-order chi connectivity index (χ0) is 23.7. The van der Waals surface area contributed by atoms with Crippen LogP contribution >= 0.6 is 23.4 Å². The van der Waals surface area contributed by atoms with E-state index in [0.717, 1.165) is 66.1 Å². The van der Waals surface area contributed by atoms with Gasteiger partial charge in [-0.2, -0.15) is 0 Å². The van der Waals surface area contributed by atoms with Crippen LogP contribution in [0.4, 0.5) is 0 Å². The number of hydrogen-bond acceptors (Lipinski definition) is 6. The largest absolute Gasteiger partial charge is 0.497 e. The molecule has 0 bridgehead atoms. The number of esters is 1. The first kappa shape index (κ1) is 23.3. The highest BCUT2D eigenvalue weighted by molar-refractivity contribution is 7.99. The Balaban J connectivity index is 1.64. The summed E-state index contributed by atoms with van der Waals surface area (Å²) in [7, 11) is 1.65. The molecule has 0 aliphatic carbocycles. The first-order chi connectivity index (χ1) is 16.5. The number of methoxy groups -OCH3 is 1. The number of rotatable bonds is 5. The standard InChI is InChI=1S/C26H27ClN2O4S/c1-17(30)33-25-22-9-6-20(16-28-11-13-32-14-12-28)29(22)23-15-19(27)5-10-24(23)34-26(25)18-3-7-21(31-2)8-4-18/h3-10,15,25-26H,11-14,16H2,1-2H3/t25-,26-/m0/s1. The molecule has 0 N–H and O–H groups in total. The summed E-state index contributed by atoms with van der Waals surface area (Å²) in [6.07, 6.45) is -0.472. The summed E-state index contributed by atoms with van der Waals surface area (Å²) in [5.74, 6) is 0.477. The van der Waals surface area contributed by atoms with Gasteiger partial charge in [0.2, 0.25) is 0 Å². The minimum atomic E-state index is -0.472. The lowest BCUT2D eigenvalue weighted by Crippen LogP contribution is -2.36. The zero-order valence-electron chi connectivity index (χ0n) is 19.2. The molecule has 1 fully saturated rings. The molecule has 6 nitrogen and oxygen atoms in total. The fraction of sp³-hybridized carbons (Fsp3) is 0.346. The van der Waals surface area contributed by atoms with Gasteiger partial charge >= 0.3 is 5.97 Å². The van der Waals surface area contributed by atoms with Gasteiger partial charge in [0.05, 0.1) is 37.0 Å². The molecule has 3 heterocycles. The molecular formula is C26H27ClN2O4S. The third-order valence-corrected chi connectivity index (χ3v) is 7.81. The van der Waals surface area contributed by atoms with Crippen LogP contribution in [0.15, 0.2) is 59.5 Å². The van der Waals surface area contributed by atoms with Gasteiger partial charge in [-0.1, -0.05) is 23.7 Å². The molecule has 1 saturated heterocycles. The van der Waals surface area contributed by atoms with Gasteiger partial charge in [0.25, 0.3) is 0 Å². The Bertz CT molecular complexity index is 1170. The van der Waals surface area contributed by atoms with Crippen molar-refractivity contribution < 1.29 is 19.0 Å². The second-order valence-corrected chi connectivity index (χ2v) is 10.0. The molecule has 3 aromatic rings. The number of benzene rings is 2. The predicted molar refractivity (Wildman–Crippen MR) is 133 cm³/mol. The third kappa shape index (κ3) is 4.70. The van der Waals surface area contributed by atoms with Gasteiger partial charge in [-0.15, -0.1) is 11.8 Å². The Kier molecular flexibility index (Phi) is 6.88. The van der Waals surface area contributed by atoms with Crippen LogP contribution in [0.25, 0.3) is 5.69 Å². The molecule has 34 heavy (non-hydrogen) atoms. The van der Waals surface area contributed by atoms with E-state index in [1.165, 1.54) is 6.92 Å². The lowest BCUT2D eigenvalue weighted by atomic mass is 10.0. The van der Waals surface area contributed by atoms with Crippen LogP contribution in [0.3, 0.4) is 0 Å². The topological polar surface area (TPSA) is 52.9 Å². The first-order valence-corrected chi connectivity index (χ1v) is 12.6. The molecule has 2 atom stereocenters. The first-order valence-electron chi connectivity index (χ1n) is 11.3. The average Bonchev–Trinajstić information content (AvgIpc) is 3.20. The highest BCUT2D eigenvalue weighted by atomic mass is 35.5. The van der Waals surface area contributed by atoms with Crippen molar-refractivity contribution in [3.05, 3.63) is 76.6 Å². The fourth-order valence-electron chi connectivity index (χ4n) is 4.58. The van der Waals surface area contributed by atoms with E-state index in [4.69, 9.17) is 25.8 Å². The quantitative estimate of drug-likeness (QED) is 0.438. The summed E-state index contributed by atoms with van der Waals surface area (Å²) in [4.78, 5) is 15.7. The Morgan fingerprint density at radius 2 is 1.88 bits per heavy atom. The number of carbonyl (C=O) groups is 1. The number of hydrogen-bond donors (Lipinski definition) is 0. The Labute approximate surface area is 208 Å². The second kappa shape index (κ2) is 10.0. The van der Waals surface area contributed by atoms with E-state index in [9.17, 15) is 4.79 Å². The Morgan fingerprint density at radius 3 is 2.59 bits per heavy atom. The third-order valence-electron chi connectivity index (χ3n) is 6.20. The summed E-state index contributed by atoms with van der Waals surface area (Å²) in [5.41, 5.74) is 4.14. The fourth-order valence-corrected chi connectivity index (χ4v) is 6.05. The summed E-state index contributed by atoms with van der Waals surface area (Å²) in [6, 6.07) is 18.1. The smallest absolute Gasteiger partial charge is 0.303 e. The van der Waals surface area contributed by atoms with Crippen LogP contribution in [0.5, 0.6) is 5.75 Å². The molecule has 0 spiro atoms. The van der Waals surface area contributed by atoms with Crippen LogP contribution in [-0.2, 0) is 20.8 Å². The highest BCUT2D eigenvalue weighted by Crippen LogP contribution is 2.51. The van der Waals surface area contributed by atoms with Gasteiger partial charge in [0.1, 0.15) is 5.75 Å². The number of ether oxygens (including phenoxy) is 3. The maximum Gasteiger partial charge on any atom is 0.303 e. The van der Waals surface area contributed by atoms with Crippen molar-refractivity contribution in [3.63, 3.8) is 0 Å². The molecule has 0 amide bonds. The number of aromatic nitrogens is 1. The monoisotopic (exact) mass is 498 g/mol. The Hall–Kier alpha value is -2.45. The summed E-state index contributed by atoms with van der Waals surface area (Å²) >= 11 is 8.15. The van der Waals surface area contributed by atoms with Gasteiger partial charge in [0, 0.05) is 42.2 Å². The van der Waals surface area contributed by atoms with Crippen molar-refractivity contribution in [2.75, 3.05) is 33.4 Å². The van der Waals surface area contributed by atoms with Gasteiger partial charge in [0.15, 0.2) is 6.10 Å². The molecule has 2 aliphatic heterocycles. The lowest BCUT2D eigenvalue weighted by Gasteiger charge is -2.28. The molecule has 8 heteroatoms. The van der Waals surface area contributed by atoms with Gasteiger partial charge in [-0.25, -0.2) is 0 Å². The van der Waals surface area contributed by atoms with E-state index in [0.29, 0.717) is 5.02 Å². The van der Waals surface area contributed by atoms with Crippen LogP contribution in [-0.4, -0.2) is 48.8 Å². The summed E-state index contributed by atoms with van der Waals surface area (Å²) in [6.45, 7) is 5.49. The SMILES string of the molecule is COc1ccc([C@@H]2Sc3ccc(Cl)cc3-n3c(CN4CCOCC4)ccc3[C@@H]2OC(C)=O)cc1. The van der Waals surface area contributed by atoms with E-state index in [1.54, 1.807) is 18.9 Å². The summed E-state index contributed by atoms with van der Waals surface area (Å²) in [5, 5.41) is 0.533. The van der Waals surface area contributed by atoms with Gasteiger partial charge in [-0.3, -0.25) is 9.69 Å². The van der Waals surface area contributed by atoms with E-state index >= 15 is 0 Å². The van der Waals surface area contributed by atoms with E-state index in [-0.39, 0.29) is 11.2 Å². The summed E-state index contributed by atoms with van der Waals surface area (Å²) < 4.78 is 19.1. The van der Waals surface area contributed by atoms with Crippen molar-refractivity contribution in [3.8, 4) is 11.4 Å². The maximum absolute atomic E-state index is 12.3. The zero-order valence-corrected chi connectivity index (χ0v) is 20.8. The molecule has 1 aromatic heterocycles. The molecule has 0 saturated carbocycles. The van der Waals surface area contributed by atoms with Gasteiger partial charge < -0.3 is 18.8 Å². The van der Waals surface area contributed by atoms with E-state index < -0.39 is 6.10 Å². The minimum absolute atomic E-state index is 0.137. The van der Waals surface area contributed by atoms with Gasteiger partial charge in [-0.05, 0) is 48.0 Å². The van der Waals surface area contributed by atoms with Crippen LogP contribution in [0.2, 0.25) is 5.02 Å². The minimum Gasteiger partial charge on any atom is -0.497 e. The molecule has 0 unspecified atom stereocenters. The van der Waals surface area contributed by atoms with Crippen molar-refractivity contribution in [2.45, 2.75) is 29.7 Å². The number of nitrogens with zero attached hydrogens (tertiary/aromatic N) is 2. The molecule has 2 aliphatic rings. The van der Waals surface area contributed by atoms with Crippen LogP contribution in [0, 0.1) is 0 Å². The molecule has 0 radical (unpaired) electrons. The Morgan fingerprint density at radius 1 is 1.12 bits per heavy atom. The lowest BCUT2D eigenvalue weighted by molar-refractivity contribution is -0.147. The molecular weight excluding hydrogens is 472 g/mol. The van der Waals surface area contributed by atoms with Crippen LogP contribution < -0.4 is 4.74 Å². The normalized spacial score (nSPS) is 20.2. The van der Waals surface area contributed by atoms with E-state index in [1.807, 2.05) is 36.4 Å². The molecule has 178 valence electrons. The predicted octanol–water partition coefficient (Wildman–Crippen LogP) is 5.42. The molecule has 5 rings (SSSR count).